The fourth-order valence-electron chi connectivity index (χ4n) is 2.04. The van der Waals surface area contributed by atoms with Crippen molar-refractivity contribution in [3.8, 4) is 5.75 Å². The molecule has 0 bridgehead atoms. The molecule has 1 aliphatic heterocycles. The van der Waals surface area contributed by atoms with E-state index in [2.05, 4.69) is 0 Å². The van der Waals surface area contributed by atoms with Gasteiger partial charge in [0.15, 0.2) is 12.4 Å². The third kappa shape index (κ3) is 3.91. The zero-order valence-corrected chi connectivity index (χ0v) is 12.6. The van der Waals surface area contributed by atoms with Crippen molar-refractivity contribution in [2.24, 2.45) is 0 Å². The number of ether oxygens (including phenoxy) is 1. The van der Waals surface area contributed by atoms with E-state index in [0.29, 0.717) is 20.8 Å². The standard InChI is InChI=1S/C13H14Cl3NO2/c14-9-6-10(15)13(11(16)7-9)19-8-12(18)17-4-2-1-3-5-17/h6-7H,1-5,8H2. The fraction of sp³-hybridized carbons (Fsp3) is 0.462. The summed E-state index contributed by atoms with van der Waals surface area (Å²) >= 11 is 17.8. The molecule has 0 aliphatic carbocycles. The fourth-order valence-corrected chi connectivity index (χ4v) is 2.96. The van der Waals surface area contributed by atoms with Crippen LogP contribution in [-0.2, 0) is 4.79 Å². The Kier molecular flexibility index (Phi) is 5.20. The minimum Gasteiger partial charge on any atom is -0.481 e. The van der Waals surface area contributed by atoms with Crippen LogP contribution in [0.3, 0.4) is 0 Å². The summed E-state index contributed by atoms with van der Waals surface area (Å²) < 4.78 is 5.42. The molecule has 0 atom stereocenters. The molecule has 1 fully saturated rings. The van der Waals surface area contributed by atoms with E-state index in [1.54, 1.807) is 4.90 Å². The monoisotopic (exact) mass is 321 g/mol. The van der Waals surface area contributed by atoms with E-state index in [9.17, 15) is 4.79 Å². The highest BCUT2D eigenvalue weighted by Crippen LogP contribution is 2.35. The predicted molar refractivity (Wildman–Crippen MR) is 77.4 cm³/mol. The molecule has 2 rings (SSSR count). The van der Waals surface area contributed by atoms with Gasteiger partial charge in [-0.05, 0) is 31.4 Å². The molecular weight excluding hydrogens is 309 g/mol. The van der Waals surface area contributed by atoms with Crippen molar-refractivity contribution in [3.05, 3.63) is 27.2 Å². The number of hydrogen-bond acceptors (Lipinski definition) is 2. The van der Waals surface area contributed by atoms with E-state index >= 15 is 0 Å². The molecule has 1 heterocycles. The highest BCUT2D eigenvalue weighted by molar-refractivity contribution is 6.40. The molecule has 0 aromatic heterocycles. The Morgan fingerprint density at radius 1 is 1.11 bits per heavy atom. The number of nitrogens with zero attached hydrogens (tertiary/aromatic N) is 1. The second kappa shape index (κ2) is 6.69. The predicted octanol–water partition coefficient (Wildman–Crippen LogP) is 4.04. The number of carbonyl (C=O) groups excluding carboxylic acids is 1. The molecule has 3 nitrogen and oxygen atoms in total. The molecule has 0 unspecified atom stereocenters. The number of halogens is 3. The van der Waals surface area contributed by atoms with Crippen molar-refractivity contribution in [2.45, 2.75) is 19.3 Å². The molecular formula is C13H14Cl3NO2. The second-order valence-corrected chi connectivity index (χ2v) is 5.68. The molecule has 0 radical (unpaired) electrons. The van der Waals surface area contributed by atoms with E-state index < -0.39 is 0 Å². The molecule has 6 heteroatoms. The lowest BCUT2D eigenvalue weighted by Gasteiger charge is -2.26. The Labute approximate surface area is 127 Å². The number of rotatable bonds is 3. The van der Waals surface area contributed by atoms with Crippen LogP contribution >= 0.6 is 34.8 Å². The molecule has 104 valence electrons. The van der Waals surface area contributed by atoms with E-state index in [-0.39, 0.29) is 12.5 Å². The minimum atomic E-state index is -0.0545. The summed E-state index contributed by atoms with van der Waals surface area (Å²) in [5.74, 6) is 0.264. The van der Waals surface area contributed by atoms with E-state index in [4.69, 9.17) is 39.5 Å². The summed E-state index contributed by atoms with van der Waals surface area (Å²) in [6.07, 6.45) is 3.28. The number of hydrogen-bond donors (Lipinski definition) is 0. The van der Waals surface area contributed by atoms with E-state index in [1.165, 1.54) is 18.6 Å². The van der Waals surface area contributed by atoms with Crippen LogP contribution < -0.4 is 4.74 Å². The Bertz CT molecular complexity index is 450. The molecule has 1 saturated heterocycles. The van der Waals surface area contributed by atoms with Gasteiger partial charge in [-0.15, -0.1) is 0 Å². The van der Waals surface area contributed by atoms with Crippen molar-refractivity contribution < 1.29 is 9.53 Å². The molecule has 1 aromatic rings. The van der Waals surface area contributed by atoms with Crippen LogP contribution in [0.2, 0.25) is 15.1 Å². The summed E-state index contributed by atoms with van der Waals surface area (Å²) in [4.78, 5) is 13.8. The Balaban J connectivity index is 1.96. The zero-order valence-electron chi connectivity index (χ0n) is 10.3. The average Bonchev–Trinajstić information content (AvgIpc) is 2.38. The van der Waals surface area contributed by atoms with Gasteiger partial charge < -0.3 is 9.64 Å². The number of benzene rings is 1. The van der Waals surface area contributed by atoms with Crippen molar-refractivity contribution >= 4 is 40.7 Å². The number of amides is 1. The third-order valence-corrected chi connectivity index (χ3v) is 3.79. The summed E-state index contributed by atoms with van der Waals surface area (Å²) in [5.41, 5.74) is 0. The Morgan fingerprint density at radius 3 is 2.26 bits per heavy atom. The van der Waals surface area contributed by atoms with Crippen LogP contribution in [0.1, 0.15) is 19.3 Å². The van der Waals surface area contributed by atoms with Crippen molar-refractivity contribution in [1.82, 2.24) is 4.90 Å². The average molecular weight is 323 g/mol. The third-order valence-electron chi connectivity index (χ3n) is 3.01. The van der Waals surface area contributed by atoms with Crippen LogP contribution in [0.5, 0.6) is 5.75 Å². The van der Waals surface area contributed by atoms with Gasteiger partial charge in [0.2, 0.25) is 0 Å². The first-order valence-corrected chi connectivity index (χ1v) is 7.26. The quantitative estimate of drug-likeness (QED) is 0.840. The maximum atomic E-state index is 11.9. The van der Waals surface area contributed by atoms with Gasteiger partial charge in [0.1, 0.15) is 0 Å². The zero-order chi connectivity index (χ0) is 13.8. The van der Waals surface area contributed by atoms with Gasteiger partial charge in [-0.25, -0.2) is 0 Å². The number of likely N-dealkylation sites (tertiary alicyclic amines) is 1. The Hall–Kier alpha value is -0.640. The van der Waals surface area contributed by atoms with Crippen molar-refractivity contribution in [3.63, 3.8) is 0 Å². The highest BCUT2D eigenvalue weighted by Gasteiger charge is 2.18. The van der Waals surface area contributed by atoms with Crippen molar-refractivity contribution in [2.75, 3.05) is 19.7 Å². The maximum absolute atomic E-state index is 11.9. The summed E-state index contributed by atoms with van der Waals surface area (Å²) in [5, 5.41) is 1.05. The van der Waals surface area contributed by atoms with E-state index in [0.717, 1.165) is 25.9 Å². The second-order valence-electron chi connectivity index (χ2n) is 4.43. The van der Waals surface area contributed by atoms with Crippen LogP contribution in [0.25, 0.3) is 0 Å². The van der Waals surface area contributed by atoms with Crippen LogP contribution in [0.15, 0.2) is 12.1 Å². The van der Waals surface area contributed by atoms with Gasteiger partial charge in [0.05, 0.1) is 10.0 Å². The van der Waals surface area contributed by atoms with Crippen molar-refractivity contribution in [1.29, 1.82) is 0 Å². The summed E-state index contributed by atoms with van der Waals surface area (Å²) in [7, 11) is 0. The first-order valence-electron chi connectivity index (χ1n) is 6.13. The minimum absolute atomic E-state index is 0.0400. The molecule has 1 aliphatic rings. The van der Waals surface area contributed by atoms with Gasteiger partial charge in [-0.2, -0.15) is 0 Å². The lowest BCUT2D eigenvalue weighted by atomic mass is 10.1. The van der Waals surface area contributed by atoms with Gasteiger partial charge in [-0.1, -0.05) is 34.8 Å². The largest absolute Gasteiger partial charge is 0.481 e. The first kappa shape index (κ1) is 14.8. The maximum Gasteiger partial charge on any atom is 0.260 e. The topological polar surface area (TPSA) is 29.5 Å². The normalized spacial score (nSPS) is 15.4. The molecule has 1 aromatic carbocycles. The smallest absolute Gasteiger partial charge is 0.260 e. The lowest BCUT2D eigenvalue weighted by Crippen LogP contribution is -2.38. The first-order chi connectivity index (χ1) is 9.08. The molecule has 19 heavy (non-hydrogen) atoms. The lowest BCUT2D eigenvalue weighted by molar-refractivity contribution is -0.134. The molecule has 0 saturated carbocycles. The molecule has 0 N–H and O–H groups in total. The van der Waals surface area contributed by atoms with Gasteiger partial charge >= 0.3 is 0 Å². The highest BCUT2D eigenvalue weighted by atomic mass is 35.5. The number of carbonyl (C=O) groups is 1. The van der Waals surface area contributed by atoms with Crippen LogP contribution in [0.4, 0.5) is 0 Å². The molecule has 0 spiro atoms. The molecule has 1 amide bonds. The Morgan fingerprint density at radius 2 is 1.68 bits per heavy atom. The van der Waals surface area contributed by atoms with E-state index in [1.807, 2.05) is 0 Å². The van der Waals surface area contributed by atoms with Crippen LogP contribution in [-0.4, -0.2) is 30.5 Å². The van der Waals surface area contributed by atoms with Gasteiger partial charge in [0, 0.05) is 18.1 Å². The summed E-state index contributed by atoms with van der Waals surface area (Å²) in [6.45, 7) is 1.54. The van der Waals surface area contributed by atoms with Crippen LogP contribution in [0, 0.1) is 0 Å². The SMILES string of the molecule is O=C(COc1c(Cl)cc(Cl)cc1Cl)N1CCCCC1. The number of piperidine rings is 1. The van der Waals surface area contributed by atoms with Gasteiger partial charge in [0.25, 0.3) is 5.91 Å². The van der Waals surface area contributed by atoms with Gasteiger partial charge in [-0.3, -0.25) is 4.79 Å². The summed E-state index contributed by atoms with van der Waals surface area (Å²) in [6, 6.07) is 3.07.